The Labute approximate surface area is 137 Å². The molecule has 120 valence electrons. The summed E-state index contributed by atoms with van der Waals surface area (Å²) in [6, 6.07) is 14.7. The van der Waals surface area contributed by atoms with Gasteiger partial charge in [-0.2, -0.15) is 0 Å². The zero-order chi connectivity index (χ0) is 17.1. The summed E-state index contributed by atoms with van der Waals surface area (Å²) < 4.78 is 10.4. The molecule has 24 heavy (non-hydrogen) atoms. The van der Waals surface area contributed by atoms with Crippen LogP contribution in [0.2, 0.25) is 0 Å². The number of Topliss-reactive ketones (excluding diaryl/α,β-unsaturated/α-hetero) is 1. The highest BCUT2D eigenvalue weighted by atomic mass is 16.5. The first-order valence-corrected chi connectivity index (χ1v) is 7.34. The van der Waals surface area contributed by atoms with E-state index in [9.17, 15) is 14.4 Å². The molecule has 2 aromatic carbocycles. The Balaban J connectivity index is 1.78. The zero-order valence-electron chi connectivity index (χ0n) is 12.9. The smallest absolute Gasteiger partial charge is 0.374 e. The standard InChI is InChI=1S/C19H14O5/c1-12-7-8-17-14(9-12)15(20)10-18(24-17)19(22)23-11-16(21)13-5-3-2-4-6-13/h2-10H,11H2,1H3. The molecule has 0 bridgehead atoms. The largest absolute Gasteiger partial charge is 0.451 e. The van der Waals surface area contributed by atoms with Gasteiger partial charge >= 0.3 is 5.97 Å². The maximum atomic E-state index is 12.1. The highest BCUT2D eigenvalue weighted by Gasteiger charge is 2.16. The second-order valence-electron chi connectivity index (χ2n) is 5.34. The topological polar surface area (TPSA) is 73.6 Å². The van der Waals surface area contributed by atoms with Gasteiger partial charge in [-0.3, -0.25) is 9.59 Å². The van der Waals surface area contributed by atoms with Crippen LogP contribution in [0.5, 0.6) is 0 Å². The lowest BCUT2D eigenvalue weighted by Gasteiger charge is -2.05. The van der Waals surface area contributed by atoms with Crippen LogP contribution in [0.15, 0.2) is 63.8 Å². The fourth-order valence-electron chi connectivity index (χ4n) is 2.28. The molecule has 0 aliphatic rings. The Hall–Kier alpha value is -3.21. The molecule has 1 heterocycles. The fraction of sp³-hybridized carbons (Fsp3) is 0.105. The van der Waals surface area contributed by atoms with Gasteiger partial charge in [-0.1, -0.05) is 42.0 Å². The van der Waals surface area contributed by atoms with E-state index in [4.69, 9.17) is 9.15 Å². The van der Waals surface area contributed by atoms with Gasteiger partial charge in [-0.25, -0.2) is 4.79 Å². The summed E-state index contributed by atoms with van der Waals surface area (Å²) in [5.74, 6) is -1.40. The molecule has 0 radical (unpaired) electrons. The Morgan fingerprint density at radius 3 is 2.54 bits per heavy atom. The lowest BCUT2D eigenvalue weighted by molar-refractivity contribution is 0.0444. The van der Waals surface area contributed by atoms with Gasteiger partial charge in [0.1, 0.15) is 5.58 Å². The summed E-state index contributed by atoms with van der Waals surface area (Å²) in [4.78, 5) is 36.0. The summed E-state index contributed by atoms with van der Waals surface area (Å²) in [6.07, 6.45) is 0. The number of ether oxygens (including phenoxy) is 1. The van der Waals surface area contributed by atoms with Crippen LogP contribution in [0.3, 0.4) is 0 Å². The summed E-state index contributed by atoms with van der Waals surface area (Å²) in [5, 5.41) is 0.395. The Kier molecular flexibility index (Phi) is 4.24. The average molecular weight is 322 g/mol. The van der Waals surface area contributed by atoms with Gasteiger partial charge in [0.2, 0.25) is 5.76 Å². The minimum atomic E-state index is -0.848. The van der Waals surface area contributed by atoms with Crippen LogP contribution < -0.4 is 5.43 Å². The number of hydrogen-bond donors (Lipinski definition) is 0. The summed E-state index contributed by atoms with van der Waals surface area (Å²) in [7, 11) is 0. The first-order valence-electron chi connectivity index (χ1n) is 7.34. The molecule has 0 atom stereocenters. The average Bonchev–Trinajstić information content (AvgIpc) is 2.60. The number of ketones is 1. The van der Waals surface area contributed by atoms with E-state index >= 15 is 0 Å². The molecule has 1 aromatic heterocycles. The second-order valence-corrected chi connectivity index (χ2v) is 5.34. The number of carbonyl (C=O) groups is 2. The van der Waals surface area contributed by atoms with Crippen molar-refractivity contribution in [2.24, 2.45) is 0 Å². The molecule has 0 unspecified atom stereocenters. The lowest BCUT2D eigenvalue weighted by atomic mass is 10.1. The van der Waals surface area contributed by atoms with Crippen LogP contribution in [0, 0.1) is 6.92 Å². The molecule has 0 aliphatic heterocycles. The predicted molar refractivity (Wildman–Crippen MR) is 88.3 cm³/mol. The van der Waals surface area contributed by atoms with E-state index in [1.165, 1.54) is 0 Å². The number of hydrogen-bond acceptors (Lipinski definition) is 5. The molecular formula is C19H14O5. The van der Waals surface area contributed by atoms with Crippen molar-refractivity contribution >= 4 is 22.7 Å². The van der Waals surface area contributed by atoms with E-state index < -0.39 is 12.6 Å². The van der Waals surface area contributed by atoms with E-state index in [0.717, 1.165) is 11.6 Å². The highest BCUT2D eigenvalue weighted by Crippen LogP contribution is 2.15. The number of rotatable bonds is 4. The molecule has 0 N–H and O–H groups in total. The van der Waals surface area contributed by atoms with Gasteiger partial charge in [-0.05, 0) is 19.1 Å². The molecule has 0 saturated carbocycles. The Morgan fingerprint density at radius 2 is 1.79 bits per heavy atom. The minimum Gasteiger partial charge on any atom is -0.451 e. The van der Waals surface area contributed by atoms with E-state index in [-0.39, 0.29) is 17.0 Å². The van der Waals surface area contributed by atoms with Gasteiger partial charge in [0, 0.05) is 11.6 Å². The van der Waals surface area contributed by atoms with Crippen molar-refractivity contribution in [3.63, 3.8) is 0 Å². The van der Waals surface area contributed by atoms with Crippen LogP contribution in [-0.2, 0) is 4.74 Å². The third kappa shape index (κ3) is 3.25. The van der Waals surface area contributed by atoms with E-state index in [2.05, 4.69) is 0 Å². The fourth-order valence-corrected chi connectivity index (χ4v) is 2.28. The minimum absolute atomic E-state index is 0.225. The quantitative estimate of drug-likeness (QED) is 0.545. The molecule has 0 fully saturated rings. The second kappa shape index (κ2) is 6.50. The van der Waals surface area contributed by atoms with Crippen molar-refractivity contribution in [2.75, 3.05) is 6.61 Å². The molecule has 3 rings (SSSR count). The number of carbonyl (C=O) groups excluding carboxylic acids is 2. The molecule has 0 saturated heterocycles. The first kappa shape index (κ1) is 15.7. The molecule has 5 nitrogen and oxygen atoms in total. The third-order valence-electron chi connectivity index (χ3n) is 3.51. The van der Waals surface area contributed by atoms with Crippen molar-refractivity contribution < 1.29 is 18.7 Å². The van der Waals surface area contributed by atoms with Crippen molar-refractivity contribution in [3.8, 4) is 0 Å². The van der Waals surface area contributed by atoms with Crippen LogP contribution in [0.25, 0.3) is 11.0 Å². The molecular weight excluding hydrogens is 308 g/mol. The van der Waals surface area contributed by atoms with Crippen molar-refractivity contribution in [3.05, 3.63) is 81.7 Å². The first-order chi connectivity index (χ1) is 11.5. The van der Waals surface area contributed by atoms with Gasteiger partial charge in [0.15, 0.2) is 17.8 Å². The Morgan fingerprint density at radius 1 is 1.04 bits per heavy atom. The van der Waals surface area contributed by atoms with Gasteiger partial charge in [-0.15, -0.1) is 0 Å². The SMILES string of the molecule is Cc1ccc2oc(C(=O)OCC(=O)c3ccccc3)cc(=O)c2c1. The van der Waals surface area contributed by atoms with E-state index in [1.807, 2.05) is 6.92 Å². The number of esters is 1. The van der Waals surface area contributed by atoms with Crippen LogP contribution in [0.4, 0.5) is 0 Å². The highest BCUT2D eigenvalue weighted by molar-refractivity contribution is 5.99. The van der Waals surface area contributed by atoms with E-state index in [1.54, 1.807) is 48.5 Å². The normalized spacial score (nSPS) is 10.5. The maximum Gasteiger partial charge on any atom is 0.374 e. The molecule has 0 amide bonds. The third-order valence-corrected chi connectivity index (χ3v) is 3.51. The van der Waals surface area contributed by atoms with Crippen molar-refractivity contribution in [1.29, 1.82) is 0 Å². The zero-order valence-corrected chi connectivity index (χ0v) is 12.9. The van der Waals surface area contributed by atoms with Gasteiger partial charge in [0.05, 0.1) is 5.39 Å². The monoisotopic (exact) mass is 322 g/mol. The van der Waals surface area contributed by atoms with Crippen LogP contribution in [-0.4, -0.2) is 18.4 Å². The summed E-state index contributed by atoms with van der Waals surface area (Å²) in [6.45, 7) is 1.44. The lowest BCUT2D eigenvalue weighted by Crippen LogP contribution is -2.15. The van der Waals surface area contributed by atoms with Crippen molar-refractivity contribution in [1.82, 2.24) is 0 Å². The van der Waals surface area contributed by atoms with Crippen LogP contribution >= 0.6 is 0 Å². The number of fused-ring (bicyclic) bond motifs is 1. The van der Waals surface area contributed by atoms with Crippen LogP contribution in [0.1, 0.15) is 26.5 Å². The van der Waals surface area contributed by atoms with Gasteiger partial charge in [0.25, 0.3) is 0 Å². The maximum absolute atomic E-state index is 12.1. The Bertz CT molecular complexity index is 970. The van der Waals surface area contributed by atoms with Crippen molar-refractivity contribution in [2.45, 2.75) is 6.92 Å². The molecule has 0 aliphatic carbocycles. The number of aryl methyl sites for hydroxylation is 1. The summed E-state index contributed by atoms with van der Waals surface area (Å²) in [5.41, 5.74) is 1.33. The van der Waals surface area contributed by atoms with E-state index in [0.29, 0.717) is 16.5 Å². The van der Waals surface area contributed by atoms with Gasteiger partial charge < -0.3 is 9.15 Å². The molecule has 3 aromatic rings. The predicted octanol–water partition coefficient (Wildman–Crippen LogP) is 3.14. The summed E-state index contributed by atoms with van der Waals surface area (Å²) >= 11 is 0. The molecule has 0 spiro atoms. The number of benzene rings is 2. The molecule has 5 heteroatoms.